The summed E-state index contributed by atoms with van der Waals surface area (Å²) in [4.78, 5) is 10.8. The standard InChI is InChI=1S/C17H25FN4S.HI/c1-19-16(21-12-15-14(18)6-5-9-20-15)22-10-11-23-17(13-22)7-3-2-4-8-17;/h5-6,9H,2-4,7-8,10-13H2,1H3,(H,19,21);1H. The maximum absolute atomic E-state index is 13.7. The molecule has 0 unspecified atom stereocenters. The molecule has 1 aliphatic carbocycles. The Hall–Kier alpha value is -0.570. The fraction of sp³-hybridized carbons (Fsp3) is 0.647. The summed E-state index contributed by atoms with van der Waals surface area (Å²) < 4.78 is 14.1. The molecule has 1 spiro atoms. The van der Waals surface area contributed by atoms with Crippen LogP contribution in [-0.4, -0.2) is 46.5 Å². The summed E-state index contributed by atoms with van der Waals surface area (Å²) in [6.07, 6.45) is 8.28. The molecule has 1 aliphatic heterocycles. The number of hydrogen-bond donors (Lipinski definition) is 1. The van der Waals surface area contributed by atoms with E-state index in [2.05, 4.69) is 32.0 Å². The highest BCUT2D eigenvalue weighted by atomic mass is 127. The minimum Gasteiger partial charge on any atom is -0.350 e. The van der Waals surface area contributed by atoms with Crippen LogP contribution < -0.4 is 5.32 Å². The molecular weight excluding hydrogens is 438 g/mol. The van der Waals surface area contributed by atoms with Crippen LogP contribution in [0.2, 0.25) is 0 Å². The van der Waals surface area contributed by atoms with Gasteiger partial charge in [0, 0.05) is 36.8 Å². The minimum absolute atomic E-state index is 0. The van der Waals surface area contributed by atoms with Gasteiger partial charge in [-0.3, -0.25) is 9.98 Å². The largest absolute Gasteiger partial charge is 0.350 e. The number of nitrogens with one attached hydrogen (secondary N) is 1. The van der Waals surface area contributed by atoms with Gasteiger partial charge < -0.3 is 10.2 Å². The molecule has 1 saturated heterocycles. The number of aromatic nitrogens is 1. The van der Waals surface area contributed by atoms with Crippen LogP contribution in [0.4, 0.5) is 4.39 Å². The van der Waals surface area contributed by atoms with Crippen molar-refractivity contribution in [2.24, 2.45) is 4.99 Å². The highest BCUT2D eigenvalue weighted by Crippen LogP contribution is 2.42. The topological polar surface area (TPSA) is 40.5 Å². The summed E-state index contributed by atoms with van der Waals surface area (Å²) in [6.45, 7) is 2.41. The molecule has 1 saturated carbocycles. The molecule has 1 aromatic rings. The van der Waals surface area contributed by atoms with Crippen LogP contribution in [0.5, 0.6) is 0 Å². The van der Waals surface area contributed by atoms with Crippen LogP contribution in [0.1, 0.15) is 37.8 Å². The maximum Gasteiger partial charge on any atom is 0.194 e. The quantitative estimate of drug-likeness (QED) is 0.412. The van der Waals surface area contributed by atoms with Gasteiger partial charge in [-0.1, -0.05) is 19.3 Å². The molecule has 134 valence electrons. The first-order valence-electron chi connectivity index (χ1n) is 8.41. The predicted octanol–water partition coefficient (Wildman–Crippen LogP) is 3.67. The summed E-state index contributed by atoms with van der Waals surface area (Å²) in [5.74, 6) is 1.73. The Morgan fingerprint density at radius 2 is 2.21 bits per heavy atom. The lowest BCUT2D eigenvalue weighted by atomic mass is 9.87. The molecule has 0 radical (unpaired) electrons. The first-order chi connectivity index (χ1) is 11.2. The van der Waals surface area contributed by atoms with Crippen LogP contribution in [0.25, 0.3) is 0 Å². The average molecular weight is 464 g/mol. The molecule has 4 nitrogen and oxygen atoms in total. The molecule has 24 heavy (non-hydrogen) atoms. The number of hydrogen-bond acceptors (Lipinski definition) is 3. The summed E-state index contributed by atoms with van der Waals surface area (Å²) in [6, 6.07) is 3.06. The molecule has 1 aromatic heterocycles. The summed E-state index contributed by atoms with van der Waals surface area (Å²) >= 11 is 2.14. The van der Waals surface area contributed by atoms with Crippen LogP contribution in [-0.2, 0) is 6.54 Å². The lowest BCUT2D eigenvalue weighted by Gasteiger charge is -2.45. The van der Waals surface area contributed by atoms with Crippen molar-refractivity contribution in [3.8, 4) is 0 Å². The third-order valence-corrected chi connectivity index (χ3v) is 6.31. The maximum atomic E-state index is 13.7. The summed E-state index contributed by atoms with van der Waals surface area (Å²) in [5.41, 5.74) is 0.437. The van der Waals surface area contributed by atoms with Gasteiger partial charge in [-0.05, 0) is 25.0 Å². The SMILES string of the molecule is CN=C(NCc1ncccc1F)N1CCSC2(CCCCC2)C1.I. The van der Waals surface area contributed by atoms with Crippen molar-refractivity contribution in [2.75, 3.05) is 25.9 Å². The van der Waals surface area contributed by atoms with E-state index in [-0.39, 0.29) is 29.8 Å². The van der Waals surface area contributed by atoms with Gasteiger partial charge in [0.05, 0.1) is 12.2 Å². The number of pyridine rings is 1. The Kier molecular flexibility index (Phi) is 7.59. The molecule has 2 fully saturated rings. The first kappa shape index (κ1) is 19.8. The summed E-state index contributed by atoms with van der Waals surface area (Å²) in [5, 5.41) is 3.28. The zero-order chi connectivity index (χ0) is 16.1. The van der Waals surface area contributed by atoms with E-state index in [4.69, 9.17) is 0 Å². The second-order valence-corrected chi connectivity index (χ2v) is 7.91. The third-order valence-electron chi connectivity index (χ3n) is 4.77. The Balaban J connectivity index is 0.00000208. The van der Waals surface area contributed by atoms with Crippen molar-refractivity contribution < 1.29 is 4.39 Å². The Labute approximate surface area is 165 Å². The van der Waals surface area contributed by atoms with Gasteiger partial charge in [-0.15, -0.1) is 24.0 Å². The number of aliphatic imine (C=N–C) groups is 1. The fourth-order valence-corrected chi connectivity index (χ4v) is 5.14. The molecule has 0 amide bonds. The zero-order valence-electron chi connectivity index (χ0n) is 14.1. The second kappa shape index (κ2) is 9.22. The van der Waals surface area contributed by atoms with Gasteiger partial charge in [0.15, 0.2) is 5.96 Å². The Bertz CT molecular complexity index is 558. The molecule has 0 atom stereocenters. The smallest absolute Gasteiger partial charge is 0.194 e. The van der Waals surface area contributed by atoms with Crippen LogP contribution in [0.15, 0.2) is 23.3 Å². The van der Waals surface area contributed by atoms with Gasteiger partial charge in [0.25, 0.3) is 0 Å². The Morgan fingerprint density at radius 3 is 2.92 bits per heavy atom. The number of rotatable bonds is 2. The predicted molar refractivity (Wildman–Crippen MR) is 110 cm³/mol. The van der Waals surface area contributed by atoms with Crippen molar-refractivity contribution in [1.29, 1.82) is 0 Å². The molecule has 2 heterocycles. The van der Waals surface area contributed by atoms with E-state index in [1.165, 1.54) is 38.2 Å². The Morgan fingerprint density at radius 1 is 1.42 bits per heavy atom. The monoisotopic (exact) mass is 464 g/mol. The molecule has 1 N–H and O–H groups in total. The van der Waals surface area contributed by atoms with Gasteiger partial charge in [-0.2, -0.15) is 11.8 Å². The zero-order valence-corrected chi connectivity index (χ0v) is 17.3. The van der Waals surface area contributed by atoms with Crippen molar-refractivity contribution in [1.82, 2.24) is 15.2 Å². The van der Waals surface area contributed by atoms with Crippen molar-refractivity contribution in [3.05, 3.63) is 29.8 Å². The van der Waals surface area contributed by atoms with Gasteiger partial charge >= 0.3 is 0 Å². The van der Waals surface area contributed by atoms with Crippen LogP contribution in [0.3, 0.4) is 0 Å². The normalized spacial score (nSPS) is 20.6. The van der Waals surface area contributed by atoms with E-state index in [0.29, 0.717) is 17.0 Å². The molecule has 2 aliphatic rings. The third kappa shape index (κ3) is 4.74. The van der Waals surface area contributed by atoms with E-state index < -0.39 is 0 Å². The summed E-state index contributed by atoms with van der Waals surface area (Å²) in [7, 11) is 1.80. The highest BCUT2D eigenvalue weighted by Gasteiger charge is 2.38. The van der Waals surface area contributed by atoms with Crippen LogP contribution >= 0.6 is 35.7 Å². The molecule has 0 aromatic carbocycles. The fourth-order valence-electron chi connectivity index (χ4n) is 3.57. The molecular formula is C17H26FIN4S. The highest BCUT2D eigenvalue weighted by molar-refractivity contribution is 14.0. The lowest BCUT2D eigenvalue weighted by molar-refractivity contribution is 0.293. The number of guanidine groups is 1. The van der Waals surface area contributed by atoms with Gasteiger partial charge in [0.1, 0.15) is 5.82 Å². The molecule has 0 bridgehead atoms. The van der Waals surface area contributed by atoms with Crippen molar-refractivity contribution in [2.45, 2.75) is 43.4 Å². The second-order valence-electron chi connectivity index (χ2n) is 6.35. The average Bonchev–Trinajstić information content (AvgIpc) is 2.58. The number of nitrogens with zero attached hydrogens (tertiary/aromatic N) is 3. The first-order valence-corrected chi connectivity index (χ1v) is 9.40. The van der Waals surface area contributed by atoms with Gasteiger partial charge in [-0.25, -0.2) is 4.39 Å². The van der Waals surface area contributed by atoms with E-state index >= 15 is 0 Å². The number of halogens is 2. The van der Waals surface area contributed by atoms with E-state index in [1.807, 2.05) is 0 Å². The van der Waals surface area contributed by atoms with E-state index in [1.54, 1.807) is 19.3 Å². The van der Waals surface area contributed by atoms with E-state index in [9.17, 15) is 4.39 Å². The van der Waals surface area contributed by atoms with E-state index in [0.717, 1.165) is 24.8 Å². The molecule has 7 heteroatoms. The lowest BCUT2D eigenvalue weighted by Crippen LogP contribution is -2.53. The number of thioether (sulfide) groups is 1. The van der Waals surface area contributed by atoms with Crippen molar-refractivity contribution >= 4 is 41.7 Å². The van der Waals surface area contributed by atoms with Gasteiger partial charge in [0.2, 0.25) is 0 Å². The molecule has 3 rings (SSSR count). The minimum atomic E-state index is -0.270. The van der Waals surface area contributed by atoms with Crippen molar-refractivity contribution in [3.63, 3.8) is 0 Å². The van der Waals surface area contributed by atoms with Crippen LogP contribution in [0, 0.1) is 5.82 Å².